The predicted molar refractivity (Wildman–Crippen MR) is 83.1 cm³/mol. The van der Waals surface area contributed by atoms with Crippen LogP contribution in [0.5, 0.6) is 0 Å². The number of aliphatic hydroxyl groups excluding tert-OH is 1. The minimum absolute atomic E-state index is 0.141. The molecule has 0 aliphatic rings. The maximum atomic E-state index is 9.33. The van der Waals surface area contributed by atoms with Gasteiger partial charge in [0.25, 0.3) is 0 Å². The lowest BCUT2D eigenvalue weighted by atomic mass is 10.2. The third kappa shape index (κ3) is 4.24. The van der Waals surface area contributed by atoms with Gasteiger partial charge in [-0.1, -0.05) is 0 Å². The second-order valence-corrected chi connectivity index (χ2v) is 5.59. The van der Waals surface area contributed by atoms with Gasteiger partial charge in [-0.05, 0) is 34.0 Å². The molecule has 19 heavy (non-hydrogen) atoms. The Morgan fingerprint density at radius 1 is 1.26 bits per heavy atom. The fraction of sp³-hybridized carbons (Fsp3) is 0.692. The molecule has 0 aliphatic carbocycles. The lowest BCUT2D eigenvalue weighted by Crippen LogP contribution is -2.31. The summed E-state index contributed by atoms with van der Waals surface area (Å²) < 4.78 is 0. The highest BCUT2D eigenvalue weighted by Crippen LogP contribution is 2.22. The zero-order valence-electron chi connectivity index (χ0n) is 12.3. The molecule has 1 aromatic rings. The van der Waals surface area contributed by atoms with Crippen molar-refractivity contribution in [1.82, 2.24) is 9.97 Å². The first-order valence-electron chi connectivity index (χ1n) is 6.52. The number of hydrogen-bond donors (Lipinski definition) is 3. The van der Waals surface area contributed by atoms with Crippen LogP contribution in [0, 0.1) is 13.8 Å². The molecular weight excluding hydrogens is 260 g/mol. The molecule has 5 nitrogen and oxygen atoms in total. The second-order valence-electron chi connectivity index (χ2n) is 4.51. The number of thioether (sulfide) groups is 1. The fourth-order valence-electron chi connectivity index (χ4n) is 1.85. The van der Waals surface area contributed by atoms with E-state index in [1.165, 1.54) is 0 Å². The normalized spacial score (nSPS) is 14.0. The quantitative estimate of drug-likeness (QED) is 0.712. The minimum Gasteiger partial charge on any atom is -0.395 e. The number of anilines is 2. The van der Waals surface area contributed by atoms with E-state index in [1.54, 1.807) is 11.8 Å². The maximum Gasteiger partial charge on any atom is 0.135 e. The van der Waals surface area contributed by atoms with Gasteiger partial charge in [0.2, 0.25) is 0 Å². The summed E-state index contributed by atoms with van der Waals surface area (Å²) >= 11 is 1.65. The van der Waals surface area contributed by atoms with Gasteiger partial charge < -0.3 is 15.7 Å². The number of aryl methyl sites for hydroxylation is 1. The van der Waals surface area contributed by atoms with Crippen LogP contribution in [0.1, 0.15) is 25.2 Å². The Kier molecular flexibility index (Phi) is 6.37. The molecule has 0 radical (unpaired) electrons. The molecule has 1 aromatic heterocycles. The van der Waals surface area contributed by atoms with E-state index < -0.39 is 0 Å². The average molecular weight is 284 g/mol. The Bertz CT molecular complexity index is 410. The summed E-state index contributed by atoms with van der Waals surface area (Å²) in [6, 6.07) is 0.141. The Hall–Kier alpha value is -1.01. The molecule has 108 valence electrons. The smallest absolute Gasteiger partial charge is 0.135 e. The van der Waals surface area contributed by atoms with Crippen LogP contribution in [0.25, 0.3) is 0 Å². The van der Waals surface area contributed by atoms with E-state index >= 15 is 0 Å². The molecule has 0 aliphatic heterocycles. The zero-order chi connectivity index (χ0) is 14.4. The molecule has 0 aromatic carbocycles. The van der Waals surface area contributed by atoms with Crippen molar-refractivity contribution in [2.45, 2.75) is 39.0 Å². The van der Waals surface area contributed by atoms with Crippen molar-refractivity contribution in [3.8, 4) is 0 Å². The molecule has 3 N–H and O–H groups in total. The van der Waals surface area contributed by atoms with Crippen molar-refractivity contribution in [3.05, 3.63) is 11.4 Å². The van der Waals surface area contributed by atoms with E-state index in [0.29, 0.717) is 0 Å². The first-order valence-corrected chi connectivity index (χ1v) is 7.81. The molecule has 0 spiro atoms. The Balaban J connectivity index is 2.94. The molecular formula is C13H24N4OS. The number of aliphatic hydroxyl groups is 1. The van der Waals surface area contributed by atoms with Gasteiger partial charge in [-0.15, -0.1) is 0 Å². The van der Waals surface area contributed by atoms with Crippen molar-refractivity contribution in [2.24, 2.45) is 0 Å². The van der Waals surface area contributed by atoms with E-state index in [9.17, 15) is 5.11 Å². The van der Waals surface area contributed by atoms with Gasteiger partial charge in [0.15, 0.2) is 0 Å². The van der Waals surface area contributed by atoms with Crippen LogP contribution in [-0.4, -0.2) is 45.8 Å². The van der Waals surface area contributed by atoms with Crippen LogP contribution >= 0.6 is 11.8 Å². The van der Waals surface area contributed by atoms with Crippen LogP contribution in [-0.2, 0) is 0 Å². The SMILES string of the molecule is CCNc1nc(C)nc(NC(C)C(CO)SC)c1C. The summed E-state index contributed by atoms with van der Waals surface area (Å²) in [5.74, 6) is 2.44. The monoisotopic (exact) mass is 284 g/mol. The molecule has 1 heterocycles. The summed E-state index contributed by atoms with van der Waals surface area (Å²) in [7, 11) is 0. The van der Waals surface area contributed by atoms with E-state index in [2.05, 4.69) is 27.5 Å². The molecule has 0 saturated heterocycles. The lowest BCUT2D eigenvalue weighted by molar-refractivity contribution is 0.288. The molecule has 0 bridgehead atoms. The number of rotatable bonds is 7. The Morgan fingerprint density at radius 2 is 1.89 bits per heavy atom. The van der Waals surface area contributed by atoms with Gasteiger partial charge in [-0.3, -0.25) is 0 Å². The van der Waals surface area contributed by atoms with Crippen LogP contribution in [0.4, 0.5) is 11.6 Å². The fourth-order valence-corrected chi connectivity index (χ4v) is 2.48. The van der Waals surface area contributed by atoms with E-state index in [4.69, 9.17) is 0 Å². The first-order chi connectivity index (χ1) is 9.03. The molecule has 1 rings (SSSR count). The third-order valence-corrected chi connectivity index (χ3v) is 4.17. The van der Waals surface area contributed by atoms with Gasteiger partial charge in [0.05, 0.1) is 6.61 Å². The first kappa shape index (κ1) is 16.0. The van der Waals surface area contributed by atoms with E-state index in [-0.39, 0.29) is 17.9 Å². The molecule has 0 fully saturated rings. The molecule has 2 unspecified atom stereocenters. The number of nitrogens with one attached hydrogen (secondary N) is 2. The summed E-state index contributed by atoms with van der Waals surface area (Å²) in [4.78, 5) is 8.85. The highest BCUT2D eigenvalue weighted by Gasteiger charge is 2.17. The van der Waals surface area contributed by atoms with Crippen molar-refractivity contribution in [3.63, 3.8) is 0 Å². The Morgan fingerprint density at radius 3 is 2.42 bits per heavy atom. The van der Waals surface area contributed by atoms with E-state index in [1.807, 2.05) is 27.0 Å². The number of nitrogens with zero attached hydrogens (tertiary/aromatic N) is 2. The minimum atomic E-state index is 0.141. The van der Waals surface area contributed by atoms with Crippen molar-refractivity contribution >= 4 is 23.4 Å². The highest BCUT2D eigenvalue weighted by molar-refractivity contribution is 7.99. The standard InChI is InChI=1S/C13H24N4OS/c1-6-14-12-8(2)13(17-10(4)16-12)15-9(3)11(7-18)19-5/h9,11,18H,6-7H2,1-5H3,(H2,14,15,16,17). The van der Waals surface area contributed by atoms with Gasteiger partial charge in [0, 0.05) is 23.4 Å². The summed E-state index contributed by atoms with van der Waals surface area (Å²) in [6.45, 7) is 8.96. The second kappa shape index (κ2) is 7.55. The van der Waals surface area contributed by atoms with Gasteiger partial charge in [-0.2, -0.15) is 11.8 Å². The van der Waals surface area contributed by atoms with Gasteiger partial charge >= 0.3 is 0 Å². The van der Waals surface area contributed by atoms with Crippen molar-refractivity contribution in [1.29, 1.82) is 0 Å². The summed E-state index contributed by atoms with van der Waals surface area (Å²) in [5, 5.41) is 16.1. The number of aromatic nitrogens is 2. The number of hydrogen-bond acceptors (Lipinski definition) is 6. The largest absolute Gasteiger partial charge is 0.395 e. The van der Waals surface area contributed by atoms with Gasteiger partial charge in [0.1, 0.15) is 17.5 Å². The topological polar surface area (TPSA) is 70.1 Å². The van der Waals surface area contributed by atoms with Gasteiger partial charge in [-0.25, -0.2) is 9.97 Å². The molecule has 0 amide bonds. The average Bonchev–Trinajstić information content (AvgIpc) is 2.36. The predicted octanol–water partition coefficient (Wildman–Crippen LogP) is 2.05. The molecule has 0 saturated carbocycles. The third-order valence-electron chi connectivity index (χ3n) is 3.01. The Labute approximate surface area is 119 Å². The van der Waals surface area contributed by atoms with E-state index in [0.717, 1.165) is 29.6 Å². The maximum absolute atomic E-state index is 9.33. The molecule has 2 atom stereocenters. The highest BCUT2D eigenvalue weighted by atomic mass is 32.2. The van der Waals surface area contributed by atoms with Crippen LogP contribution < -0.4 is 10.6 Å². The molecule has 6 heteroatoms. The van der Waals surface area contributed by atoms with Crippen LogP contribution in [0.3, 0.4) is 0 Å². The van der Waals surface area contributed by atoms with Crippen LogP contribution in [0.15, 0.2) is 0 Å². The summed E-state index contributed by atoms with van der Waals surface area (Å²) in [5.41, 5.74) is 1.01. The zero-order valence-corrected chi connectivity index (χ0v) is 13.1. The summed E-state index contributed by atoms with van der Waals surface area (Å²) in [6.07, 6.45) is 2.00. The van der Waals surface area contributed by atoms with Crippen LogP contribution in [0.2, 0.25) is 0 Å². The van der Waals surface area contributed by atoms with Crippen molar-refractivity contribution < 1.29 is 5.11 Å². The van der Waals surface area contributed by atoms with Crippen molar-refractivity contribution in [2.75, 3.05) is 30.0 Å². The lowest BCUT2D eigenvalue weighted by Gasteiger charge is -2.23.